The van der Waals surface area contributed by atoms with Gasteiger partial charge in [0, 0.05) is 37.2 Å². The van der Waals surface area contributed by atoms with Gasteiger partial charge in [-0.3, -0.25) is 14.5 Å². The SMILES string of the molecule is CCCN1C[C@H](C)CC(C)(C)[C@@](OC)(O[C@@H]2O[C@H](C)C[C@H](N(C)C)[C@H]2O)[C@@H](C)C(=O)C(C)(C)C(=O)OC[C@H]1[C@H]1C[C@H](N(C)CC)C1. The number of ketones is 1. The molecule has 2 aliphatic heterocycles. The number of methoxy groups -OCH3 is 1. The van der Waals surface area contributed by atoms with E-state index in [2.05, 4.69) is 51.5 Å². The van der Waals surface area contributed by atoms with Crippen LogP contribution in [0.15, 0.2) is 0 Å². The molecule has 0 bridgehead atoms. The maximum atomic E-state index is 14.5. The van der Waals surface area contributed by atoms with Gasteiger partial charge in [0.05, 0.1) is 12.0 Å². The lowest BCUT2D eigenvalue weighted by molar-refractivity contribution is -0.386. The van der Waals surface area contributed by atoms with E-state index in [0.29, 0.717) is 24.8 Å². The number of hydrogen-bond donors (Lipinski definition) is 1. The topological polar surface area (TPSA) is 101 Å². The van der Waals surface area contributed by atoms with E-state index >= 15 is 0 Å². The van der Waals surface area contributed by atoms with Gasteiger partial charge in [0.15, 0.2) is 17.9 Å². The molecule has 268 valence electrons. The Kier molecular flexibility index (Phi) is 13.3. The summed E-state index contributed by atoms with van der Waals surface area (Å²) in [4.78, 5) is 35.3. The first kappa shape index (κ1) is 39.3. The smallest absolute Gasteiger partial charge is 0.319 e. The van der Waals surface area contributed by atoms with E-state index in [9.17, 15) is 14.7 Å². The summed E-state index contributed by atoms with van der Waals surface area (Å²) in [5.41, 5.74) is -2.17. The van der Waals surface area contributed by atoms with E-state index in [-0.39, 0.29) is 36.5 Å². The average Bonchev–Trinajstić information content (AvgIpc) is 2.95. The Morgan fingerprint density at radius 1 is 1.02 bits per heavy atom. The molecule has 0 aromatic heterocycles. The molecule has 3 fully saturated rings. The van der Waals surface area contributed by atoms with Crippen LogP contribution >= 0.6 is 0 Å². The van der Waals surface area contributed by atoms with Crippen molar-refractivity contribution in [3.8, 4) is 0 Å². The summed E-state index contributed by atoms with van der Waals surface area (Å²) in [5, 5.41) is 11.5. The summed E-state index contributed by atoms with van der Waals surface area (Å²) in [6.07, 6.45) is 2.29. The molecule has 0 aromatic carbocycles. The van der Waals surface area contributed by atoms with E-state index in [4.69, 9.17) is 18.9 Å². The normalized spacial score (nSPS) is 39.7. The van der Waals surface area contributed by atoms with Gasteiger partial charge in [-0.1, -0.05) is 41.5 Å². The molecule has 10 heteroatoms. The van der Waals surface area contributed by atoms with Crippen LogP contribution in [0.5, 0.6) is 0 Å². The van der Waals surface area contributed by atoms with Gasteiger partial charge in [-0.05, 0) is 98.9 Å². The summed E-state index contributed by atoms with van der Waals surface area (Å²) in [6.45, 7) is 20.8. The lowest BCUT2D eigenvalue weighted by atomic mass is 9.67. The number of carbonyl (C=O) groups excluding carboxylic acids is 2. The standard InChI is InChI=1S/C36H67N3O7/c1-14-16-39-21-23(3)20-34(6,7)36(43-13,46-32-30(40)28(37(10)11)17-24(4)45-32)25(5)31(41)35(8,9)33(42)44-22-29(39)26-18-27(19-26)38(12)15-2/h23-30,32,40H,14-22H2,1-13H3/t23-,24-,25+,26-,27-,28+,29+,30-,32+,36+/m1/s1. The first-order chi connectivity index (χ1) is 21.4. The third kappa shape index (κ3) is 8.01. The minimum absolute atomic E-state index is 0.0821. The van der Waals surface area contributed by atoms with Gasteiger partial charge in [0.2, 0.25) is 0 Å². The largest absolute Gasteiger partial charge is 0.463 e. The van der Waals surface area contributed by atoms with Crippen LogP contribution in [0.1, 0.15) is 94.4 Å². The molecule has 2 saturated heterocycles. The number of aliphatic hydroxyl groups excluding tert-OH is 1. The lowest BCUT2D eigenvalue weighted by Crippen LogP contribution is -2.64. The maximum absolute atomic E-state index is 14.5. The summed E-state index contributed by atoms with van der Waals surface area (Å²) >= 11 is 0. The lowest BCUT2D eigenvalue weighted by Gasteiger charge is -2.53. The Labute approximate surface area is 279 Å². The zero-order valence-electron chi connectivity index (χ0n) is 31.3. The Morgan fingerprint density at radius 2 is 1.65 bits per heavy atom. The molecular weight excluding hydrogens is 586 g/mol. The number of carbonyl (C=O) groups is 2. The van der Waals surface area contributed by atoms with Gasteiger partial charge in [0.25, 0.3) is 0 Å². The molecule has 2 heterocycles. The highest BCUT2D eigenvalue weighted by Gasteiger charge is 2.59. The van der Waals surface area contributed by atoms with Gasteiger partial charge >= 0.3 is 5.97 Å². The number of rotatable bonds is 9. The van der Waals surface area contributed by atoms with Crippen LogP contribution in [0.3, 0.4) is 0 Å². The maximum Gasteiger partial charge on any atom is 0.319 e. The average molecular weight is 654 g/mol. The van der Waals surface area contributed by atoms with Gasteiger partial charge in [0.1, 0.15) is 18.1 Å². The van der Waals surface area contributed by atoms with Gasteiger partial charge < -0.3 is 33.9 Å². The van der Waals surface area contributed by atoms with Crippen LogP contribution in [-0.2, 0) is 28.5 Å². The molecule has 1 saturated carbocycles. The van der Waals surface area contributed by atoms with Gasteiger partial charge in [-0.2, -0.15) is 0 Å². The highest BCUT2D eigenvalue weighted by atomic mass is 16.8. The van der Waals surface area contributed by atoms with Crippen LogP contribution in [0.2, 0.25) is 0 Å². The number of ether oxygens (including phenoxy) is 4. The third-order valence-electron chi connectivity index (χ3n) is 11.5. The number of esters is 1. The van der Waals surface area contributed by atoms with Crippen LogP contribution in [-0.4, -0.2) is 128 Å². The van der Waals surface area contributed by atoms with Crippen molar-refractivity contribution in [3.63, 3.8) is 0 Å². The van der Waals surface area contributed by atoms with Crippen molar-refractivity contribution >= 4 is 11.8 Å². The van der Waals surface area contributed by atoms with Crippen molar-refractivity contribution in [3.05, 3.63) is 0 Å². The first-order valence-electron chi connectivity index (χ1n) is 17.7. The van der Waals surface area contributed by atoms with E-state index in [1.165, 1.54) is 0 Å². The Hall–Kier alpha value is -1.14. The summed E-state index contributed by atoms with van der Waals surface area (Å²) < 4.78 is 25.5. The number of nitrogens with zero attached hydrogens (tertiary/aromatic N) is 3. The van der Waals surface area contributed by atoms with Gasteiger partial charge in [-0.15, -0.1) is 0 Å². The predicted octanol–water partition coefficient (Wildman–Crippen LogP) is 4.42. The number of cyclic esters (lactones) is 1. The molecule has 8 atom stereocenters. The molecule has 0 amide bonds. The van der Waals surface area contributed by atoms with Crippen LogP contribution in [0.4, 0.5) is 0 Å². The highest BCUT2D eigenvalue weighted by molar-refractivity contribution is 6.04. The minimum atomic E-state index is -1.51. The molecule has 0 unspecified atom stereocenters. The van der Waals surface area contributed by atoms with Crippen molar-refractivity contribution in [2.75, 3.05) is 54.5 Å². The number of Topliss-reactive ketones (excluding diaryl/α,β-unsaturated/α-hetero) is 1. The quantitative estimate of drug-likeness (QED) is 0.219. The van der Waals surface area contributed by atoms with Crippen LogP contribution < -0.4 is 0 Å². The molecule has 0 spiro atoms. The summed E-state index contributed by atoms with van der Waals surface area (Å²) in [5.74, 6) is -2.62. The molecule has 1 N–H and O–H groups in total. The Bertz CT molecular complexity index is 1020. The van der Waals surface area contributed by atoms with Gasteiger partial charge in [-0.25, -0.2) is 0 Å². The van der Waals surface area contributed by atoms with Crippen molar-refractivity contribution in [2.45, 2.75) is 137 Å². The Balaban J connectivity index is 2.06. The molecule has 1 aliphatic carbocycles. The second-order valence-corrected chi connectivity index (χ2v) is 16.1. The second-order valence-electron chi connectivity index (χ2n) is 16.1. The zero-order valence-corrected chi connectivity index (χ0v) is 31.3. The van der Waals surface area contributed by atoms with Crippen molar-refractivity contribution in [2.24, 2.45) is 28.6 Å². The van der Waals surface area contributed by atoms with E-state index < -0.39 is 40.9 Å². The minimum Gasteiger partial charge on any atom is -0.463 e. The molecule has 0 aromatic rings. The molecule has 46 heavy (non-hydrogen) atoms. The number of likely N-dealkylation sites (N-methyl/N-ethyl adjacent to an activating group) is 1. The summed E-state index contributed by atoms with van der Waals surface area (Å²) in [6, 6.07) is 0.430. The van der Waals surface area contributed by atoms with Crippen molar-refractivity contribution in [1.82, 2.24) is 14.7 Å². The van der Waals surface area contributed by atoms with E-state index in [1.54, 1.807) is 27.9 Å². The van der Waals surface area contributed by atoms with E-state index in [1.807, 2.05) is 25.9 Å². The molecular formula is C36H67N3O7. The fourth-order valence-electron chi connectivity index (χ4n) is 8.58. The van der Waals surface area contributed by atoms with Crippen molar-refractivity contribution in [1.29, 1.82) is 0 Å². The third-order valence-corrected chi connectivity index (χ3v) is 11.5. The Morgan fingerprint density at radius 3 is 2.20 bits per heavy atom. The molecule has 3 rings (SSSR count). The second kappa shape index (κ2) is 15.6. The van der Waals surface area contributed by atoms with Crippen LogP contribution in [0, 0.1) is 28.6 Å². The van der Waals surface area contributed by atoms with Crippen molar-refractivity contribution < 1.29 is 33.6 Å². The fraction of sp³-hybridized carbons (Fsp3) is 0.944. The zero-order chi connectivity index (χ0) is 34.8. The predicted molar refractivity (Wildman–Crippen MR) is 180 cm³/mol. The molecule has 3 aliphatic rings. The van der Waals surface area contributed by atoms with E-state index in [0.717, 1.165) is 38.9 Å². The first-order valence-corrected chi connectivity index (χ1v) is 17.7. The molecule has 10 nitrogen and oxygen atoms in total. The summed E-state index contributed by atoms with van der Waals surface area (Å²) in [7, 11) is 7.60. The fourth-order valence-corrected chi connectivity index (χ4v) is 8.58. The number of aliphatic hydroxyl groups is 1. The highest BCUT2D eigenvalue weighted by Crippen LogP contribution is 2.49. The number of hydrogen-bond acceptors (Lipinski definition) is 10. The van der Waals surface area contributed by atoms with Crippen LogP contribution in [0.25, 0.3) is 0 Å². The monoisotopic (exact) mass is 653 g/mol. The molecule has 0 radical (unpaired) electrons.